The summed E-state index contributed by atoms with van der Waals surface area (Å²) in [4.78, 5) is 21.0. The van der Waals surface area contributed by atoms with Gasteiger partial charge in [0.1, 0.15) is 0 Å². The zero-order valence-corrected chi connectivity index (χ0v) is 9.52. The first-order valence-electron chi connectivity index (χ1n) is 4.83. The molecule has 1 atom stereocenters. The number of hydrogen-bond acceptors (Lipinski definition) is 3. The second kappa shape index (κ2) is 5.65. The van der Waals surface area contributed by atoms with Crippen LogP contribution in [0.25, 0.3) is 0 Å². The van der Waals surface area contributed by atoms with Gasteiger partial charge in [0.05, 0.1) is 0 Å². The summed E-state index contributed by atoms with van der Waals surface area (Å²) in [5, 5.41) is 26.9. The molecule has 0 aliphatic heterocycles. The Morgan fingerprint density at radius 1 is 1.29 bits per heavy atom. The number of carboxylic acids is 2. The topological polar surface area (TPSA) is 94.8 Å². The quantitative estimate of drug-likeness (QED) is 0.743. The van der Waals surface area contributed by atoms with E-state index in [0.717, 1.165) is 0 Å². The number of aliphatic hydroxyl groups is 1. The first-order chi connectivity index (χ1) is 7.91. The van der Waals surface area contributed by atoms with Gasteiger partial charge in [-0.15, -0.1) is 0 Å². The van der Waals surface area contributed by atoms with Gasteiger partial charge in [0, 0.05) is 11.4 Å². The number of aliphatic carboxylic acids is 2. The summed E-state index contributed by atoms with van der Waals surface area (Å²) in [7, 11) is 0. The molecule has 0 aromatic heterocycles. The van der Waals surface area contributed by atoms with Gasteiger partial charge in [0.25, 0.3) is 0 Å². The Labute approximate surface area is 102 Å². The third-order valence-electron chi connectivity index (χ3n) is 2.23. The van der Waals surface area contributed by atoms with Crippen LogP contribution in [0.15, 0.2) is 18.2 Å². The molecular weight excluding hydrogens is 248 g/mol. The normalized spacial score (nSPS) is 12.1. The lowest BCUT2D eigenvalue weighted by atomic mass is 10.0. The summed E-state index contributed by atoms with van der Waals surface area (Å²) in [6.07, 6.45) is -1.54. The van der Waals surface area contributed by atoms with Gasteiger partial charge >= 0.3 is 11.9 Å². The Balaban J connectivity index is 2.93. The summed E-state index contributed by atoms with van der Waals surface area (Å²) in [5.41, 5.74) is 0.689. The molecule has 0 heterocycles. The van der Waals surface area contributed by atoms with E-state index in [1.165, 1.54) is 18.2 Å². The van der Waals surface area contributed by atoms with Gasteiger partial charge in [0.2, 0.25) is 0 Å². The number of aliphatic hydroxyl groups excluding tert-OH is 1. The van der Waals surface area contributed by atoms with Gasteiger partial charge in [-0.3, -0.25) is 4.79 Å². The van der Waals surface area contributed by atoms with Crippen LogP contribution in [-0.4, -0.2) is 27.3 Å². The van der Waals surface area contributed by atoms with E-state index in [-0.39, 0.29) is 18.4 Å². The van der Waals surface area contributed by atoms with Gasteiger partial charge in [-0.1, -0.05) is 23.7 Å². The number of aryl methyl sites for hydroxylation is 1. The van der Waals surface area contributed by atoms with E-state index >= 15 is 0 Å². The van der Waals surface area contributed by atoms with Crippen LogP contribution in [0.5, 0.6) is 0 Å². The second-order valence-corrected chi connectivity index (χ2v) is 3.89. The Hall–Kier alpha value is -1.59. The first-order valence-corrected chi connectivity index (χ1v) is 5.20. The maximum atomic E-state index is 10.6. The van der Waals surface area contributed by atoms with E-state index < -0.39 is 18.0 Å². The lowest BCUT2D eigenvalue weighted by Gasteiger charge is -2.09. The number of rotatable bonds is 5. The molecule has 0 radical (unpaired) electrons. The zero-order chi connectivity index (χ0) is 13.0. The van der Waals surface area contributed by atoms with E-state index in [1.54, 1.807) is 0 Å². The van der Waals surface area contributed by atoms with Crippen molar-refractivity contribution in [1.82, 2.24) is 0 Å². The maximum absolute atomic E-state index is 10.6. The molecule has 1 unspecified atom stereocenters. The number of carbonyl (C=O) groups is 2. The molecule has 0 aliphatic rings. The lowest BCUT2D eigenvalue weighted by molar-refractivity contribution is -0.147. The van der Waals surface area contributed by atoms with Crippen LogP contribution in [0, 0.1) is 0 Å². The van der Waals surface area contributed by atoms with Crippen LogP contribution in [0.1, 0.15) is 23.7 Å². The average molecular weight is 259 g/mol. The Morgan fingerprint density at radius 2 is 1.94 bits per heavy atom. The van der Waals surface area contributed by atoms with Crippen LogP contribution in [0.3, 0.4) is 0 Å². The van der Waals surface area contributed by atoms with E-state index in [2.05, 4.69) is 0 Å². The summed E-state index contributed by atoms with van der Waals surface area (Å²) in [6.45, 7) is 0. The minimum atomic E-state index is -1.63. The number of hydrogen-bond donors (Lipinski definition) is 3. The molecule has 92 valence electrons. The van der Waals surface area contributed by atoms with E-state index in [4.69, 9.17) is 21.8 Å². The fourth-order valence-electron chi connectivity index (χ4n) is 1.34. The average Bonchev–Trinajstić information content (AvgIpc) is 2.26. The first kappa shape index (κ1) is 13.5. The van der Waals surface area contributed by atoms with E-state index in [0.29, 0.717) is 10.6 Å². The standard InChI is InChI=1S/C11H11ClO5/c12-8-3-1-7(10(15)11(16)17)5-6(8)2-4-9(13)14/h1,3,5,10,15H,2,4H2,(H,13,14)(H,16,17). The van der Waals surface area contributed by atoms with Crippen LogP contribution in [0.4, 0.5) is 0 Å². The molecule has 0 saturated heterocycles. The fourth-order valence-corrected chi connectivity index (χ4v) is 1.55. The van der Waals surface area contributed by atoms with Crippen molar-refractivity contribution in [2.75, 3.05) is 0 Å². The molecule has 5 nitrogen and oxygen atoms in total. The van der Waals surface area contributed by atoms with Gasteiger partial charge in [-0.05, 0) is 23.6 Å². The van der Waals surface area contributed by atoms with Crippen LogP contribution >= 0.6 is 11.6 Å². The molecule has 0 amide bonds. The molecule has 17 heavy (non-hydrogen) atoms. The predicted molar refractivity (Wildman–Crippen MR) is 60.0 cm³/mol. The Kier molecular flexibility index (Phi) is 4.48. The van der Waals surface area contributed by atoms with Gasteiger partial charge < -0.3 is 15.3 Å². The minimum Gasteiger partial charge on any atom is -0.481 e. The third kappa shape index (κ3) is 3.72. The summed E-state index contributed by atoms with van der Waals surface area (Å²) < 4.78 is 0. The summed E-state index contributed by atoms with van der Waals surface area (Å²) in [6, 6.07) is 4.25. The largest absolute Gasteiger partial charge is 0.481 e. The van der Waals surface area contributed by atoms with Crippen molar-refractivity contribution >= 4 is 23.5 Å². The fraction of sp³-hybridized carbons (Fsp3) is 0.273. The predicted octanol–water partition coefficient (Wildman–Crippen LogP) is 1.48. The van der Waals surface area contributed by atoms with Crippen LogP contribution < -0.4 is 0 Å². The number of halogens is 1. The van der Waals surface area contributed by atoms with Crippen molar-refractivity contribution in [2.45, 2.75) is 18.9 Å². The lowest BCUT2D eigenvalue weighted by Crippen LogP contribution is -2.11. The van der Waals surface area contributed by atoms with Crippen molar-refractivity contribution in [2.24, 2.45) is 0 Å². The molecule has 0 aliphatic carbocycles. The third-order valence-corrected chi connectivity index (χ3v) is 2.60. The van der Waals surface area contributed by atoms with E-state index in [1.807, 2.05) is 0 Å². The SMILES string of the molecule is O=C(O)CCc1cc(C(O)C(=O)O)ccc1Cl. The number of benzene rings is 1. The summed E-state index contributed by atoms with van der Waals surface area (Å²) in [5.74, 6) is -2.33. The highest BCUT2D eigenvalue weighted by molar-refractivity contribution is 6.31. The molecule has 0 bridgehead atoms. The molecule has 0 spiro atoms. The minimum absolute atomic E-state index is 0.105. The molecule has 1 rings (SSSR count). The van der Waals surface area contributed by atoms with Crippen molar-refractivity contribution in [3.63, 3.8) is 0 Å². The van der Waals surface area contributed by atoms with Gasteiger partial charge in [-0.25, -0.2) is 4.79 Å². The highest BCUT2D eigenvalue weighted by Gasteiger charge is 2.17. The monoisotopic (exact) mass is 258 g/mol. The second-order valence-electron chi connectivity index (χ2n) is 3.49. The molecular formula is C11H11ClO5. The molecule has 1 aromatic rings. The number of carboxylic acid groups (broad SMARTS) is 2. The van der Waals surface area contributed by atoms with Crippen molar-refractivity contribution < 1.29 is 24.9 Å². The maximum Gasteiger partial charge on any atom is 0.337 e. The molecule has 6 heteroatoms. The molecule has 0 saturated carbocycles. The van der Waals surface area contributed by atoms with Gasteiger partial charge in [0.15, 0.2) is 6.10 Å². The molecule has 1 aromatic carbocycles. The molecule has 3 N–H and O–H groups in total. The Bertz CT molecular complexity index is 443. The van der Waals surface area contributed by atoms with Gasteiger partial charge in [-0.2, -0.15) is 0 Å². The summed E-state index contributed by atoms with van der Waals surface area (Å²) >= 11 is 5.84. The zero-order valence-electron chi connectivity index (χ0n) is 8.76. The van der Waals surface area contributed by atoms with Crippen molar-refractivity contribution in [3.05, 3.63) is 34.3 Å². The van der Waals surface area contributed by atoms with E-state index in [9.17, 15) is 14.7 Å². The molecule has 0 fully saturated rings. The Morgan fingerprint density at radius 3 is 2.47 bits per heavy atom. The highest BCUT2D eigenvalue weighted by Crippen LogP contribution is 2.23. The van der Waals surface area contributed by atoms with Crippen LogP contribution in [-0.2, 0) is 16.0 Å². The van der Waals surface area contributed by atoms with Crippen molar-refractivity contribution in [3.8, 4) is 0 Å². The van der Waals surface area contributed by atoms with Crippen molar-refractivity contribution in [1.29, 1.82) is 0 Å². The van der Waals surface area contributed by atoms with Crippen LogP contribution in [0.2, 0.25) is 5.02 Å². The highest BCUT2D eigenvalue weighted by atomic mass is 35.5. The smallest absolute Gasteiger partial charge is 0.337 e.